The van der Waals surface area contributed by atoms with Crippen LogP contribution < -0.4 is 11.1 Å². The van der Waals surface area contributed by atoms with Gasteiger partial charge in [0.2, 0.25) is 5.91 Å². The lowest BCUT2D eigenvalue weighted by Crippen LogP contribution is -2.49. The summed E-state index contributed by atoms with van der Waals surface area (Å²) >= 11 is 0. The highest BCUT2D eigenvalue weighted by atomic mass is 16.2. The SMILES string of the molecule is CC(C)C(N)C(=O)NCC1CCCCN1C. The highest BCUT2D eigenvalue weighted by Gasteiger charge is 2.21. The number of amides is 1. The van der Waals surface area contributed by atoms with Gasteiger partial charge in [0.1, 0.15) is 0 Å². The molecule has 2 atom stereocenters. The van der Waals surface area contributed by atoms with E-state index in [4.69, 9.17) is 5.73 Å². The van der Waals surface area contributed by atoms with Crippen molar-refractivity contribution in [3.05, 3.63) is 0 Å². The lowest BCUT2D eigenvalue weighted by atomic mass is 10.0. The van der Waals surface area contributed by atoms with Gasteiger partial charge in [-0.15, -0.1) is 0 Å². The molecule has 94 valence electrons. The molecule has 2 unspecified atom stereocenters. The molecule has 0 saturated carbocycles. The quantitative estimate of drug-likeness (QED) is 0.738. The van der Waals surface area contributed by atoms with Crippen LogP contribution in [0.25, 0.3) is 0 Å². The Hall–Kier alpha value is -0.610. The molecule has 16 heavy (non-hydrogen) atoms. The van der Waals surface area contributed by atoms with Crippen LogP contribution in [-0.2, 0) is 4.79 Å². The normalized spacial score (nSPS) is 24.4. The molecule has 1 fully saturated rings. The minimum Gasteiger partial charge on any atom is -0.353 e. The summed E-state index contributed by atoms with van der Waals surface area (Å²) in [5, 5.41) is 2.96. The zero-order valence-electron chi connectivity index (χ0n) is 10.7. The third-order valence-electron chi connectivity index (χ3n) is 3.45. The summed E-state index contributed by atoms with van der Waals surface area (Å²) in [6, 6.07) is 0.103. The number of likely N-dealkylation sites (N-methyl/N-ethyl adjacent to an activating group) is 1. The summed E-state index contributed by atoms with van der Waals surface area (Å²) in [6.45, 7) is 5.81. The van der Waals surface area contributed by atoms with Crippen molar-refractivity contribution < 1.29 is 4.79 Å². The van der Waals surface area contributed by atoms with Crippen molar-refractivity contribution in [3.8, 4) is 0 Å². The molecule has 0 radical (unpaired) electrons. The minimum atomic E-state index is -0.381. The van der Waals surface area contributed by atoms with Crippen molar-refractivity contribution in [3.63, 3.8) is 0 Å². The summed E-state index contributed by atoms with van der Waals surface area (Å²) in [4.78, 5) is 14.0. The first-order valence-electron chi connectivity index (χ1n) is 6.26. The molecule has 3 N–H and O–H groups in total. The molecule has 0 aromatic rings. The molecule has 1 heterocycles. The van der Waals surface area contributed by atoms with Crippen LogP contribution >= 0.6 is 0 Å². The van der Waals surface area contributed by atoms with Crippen LogP contribution in [0.4, 0.5) is 0 Å². The number of hydrogen-bond donors (Lipinski definition) is 2. The summed E-state index contributed by atoms with van der Waals surface area (Å²) < 4.78 is 0. The number of nitrogens with two attached hydrogens (primary N) is 1. The van der Waals surface area contributed by atoms with Gasteiger partial charge in [-0.1, -0.05) is 20.3 Å². The first-order valence-corrected chi connectivity index (χ1v) is 6.26. The first kappa shape index (κ1) is 13.5. The summed E-state index contributed by atoms with van der Waals surface area (Å²) in [7, 11) is 2.12. The highest BCUT2D eigenvalue weighted by molar-refractivity contribution is 5.81. The van der Waals surface area contributed by atoms with Gasteiger partial charge in [-0.05, 0) is 32.4 Å². The van der Waals surface area contributed by atoms with Gasteiger partial charge >= 0.3 is 0 Å². The van der Waals surface area contributed by atoms with Crippen LogP contribution in [0.1, 0.15) is 33.1 Å². The van der Waals surface area contributed by atoms with Gasteiger partial charge in [0.05, 0.1) is 6.04 Å². The van der Waals surface area contributed by atoms with Gasteiger partial charge in [0.25, 0.3) is 0 Å². The Morgan fingerprint density at radius 2 is 2.19 bits per heavy atom. The van der Waals surface area contributed by atoms with E-state index in [1.165, 1.54) is 19.3 Å². The van der Waals surface area contributed by atoms with Crippen LogP contribution in [0, 0.1) is 5.92 Å². The molecule has 4 nitrogen and oxygen atoms in total. The molecule has 0 aliphatic carbocycles. The highest BCUT2D eigenvalue weighted by Crippen LogP contribution is 2.14. The van der Waals surface area contributed by atoms with Crippen molar-refractivity contribution in [2.75, 3.05) is 20.1 Å². The molecular formula is C12H25N3O. The van der Waals surface area contributed by atoms with Crippen molar-refractivity contribution in [2.24, 2.45) is 11.7 Å². The van der Waals surface area contributed by atoms with E-state index in [0.29, 0.717) is 6.04 Å². The average Bonchev–Trinajstić information content (AvgIpc) is 2.26. The topological polar surface area (TPSA) is 58.4 Å². The molecule has 1 aliphatic rings. The fourth-order valence-corrected chi connectivity index (χ4v) is 2.04. The number of likely N-dealkylation sites (tertiary alicyclic amines) is 1. The summed E-state index contributed by atoms with van der Waals surface area (Å²) in [5.41, 5.74) is 5.78. The summed E-state index contributed by atoms with van der Waals surface area (Å²) in [5.74, 6) is 0.179. The maximum atomic E-state index is 11.7. The molecule has 0 bridgehead atoms. The second-order valence-electron chi connectivity index (χ2n) is 5.15. The fraction of sp³-hybridized carbons (Fsp3) is 0.917. The van der Waals surface area contributed by atoms with E-state index in [9.17, 15) is 4.79 Å². The number of nitrogens with one attached hydrogen (secondary N) is 1. The van der Waals surface area contributed by atoms with Crippen LogP contribution in [-0.4, -0.2) is 43.0 Å². The largest absolute Gasteiger partial charge is 0.353 e. The zero-order chi connectivity index (χ0) is 12.1. The Morgan fingerprint density at radius 3 is 2.75 bits per heavy atom. The zero-order valence-corrected chi connectivity index (χ0v) is 10.7. The van der Waals surface area contributed by atoms with Gasteiger partial charge < -0.3 is 16.0 Å². The molecule has 1 aliphatic heterocycles. The molecule has 0 aromatic carbocycles. The van der Waals surface area contributed by atoms with Crippen molar-refractivity contribution in [1.82, 2.24) is 10.2 Å². The van der Waals surface area contributed by atoms with Crippen LogP contribution in [0.3, 0.4) is 0 Å². The van der Waals surface area contributed by atoms with E-state index in [-0.39, 0.29) is 17.9 Å². The lowest BCUT2D eigenvalue weighted by molar-refractivity contribution is -0.123. The van der Waals surface area contributed by atoms with Crippen LogP contribution in [0.5, 0.6) is 0 Å². The maximum absolute atomic E-state index is 11.7. The lowest BCUT2D eigenvalue weighted by Gasteiger charge is -2.32. The molecular weight excluding hydrogens is 202 g/mol. The second-order valence-corrected chi connectivity index (χ2v) is 5.15. The predicted molar refractivity (Wildman–Crippen MR) is 66.1 cm³/mol. The molecule has 1 rings (SSSR count). The van der Waals surface area contributed by atoms with Crippen molar-refractivity contribution >= 4 is 5.91 Å². The summed E-state index contributed by atoms with van der Waals surface area (Å²) in [6.07, 6.45) is 3.71. The van der Waals surface area contributed by atoms with Gasteiger partial charge in [-0.2, -0.15) is 0 Å². The van der Waals surface area contributed by atoms with E-state index < -0.39 is 0 Å². The fourth-order valence-electron chi connectivity index (χ4n) is 2.04. The molecule has 0 spiro atoms. The number of carbonyl (C=O) groups is 1. The number of carbonyl (C=O) groups excluding carboxylic acids is 1. The molecule has 1 saturated heterocycles. The van der Waals surface area contributed by atoms with Crippen molar-refractivity contribution in [1.29, 1.82) is 0 Å². The van der Waals surface area contributed by atoms with E-state index >= 15 is 0 Å². The van der Waals surface area contributed by atoms with Crippen LogP contribution in [0.15, 0.2) is 0 Å². The van der Waals surface area contributed by atoms with E-state index in [1.807, 2.05) is 13.8 Å². The standard InChI is InChI=1S/C12H25N3O/c1-9(2)11(13)12(16)14-8-10-6-4-5-7-15(10)3/h9-11H,4-8,13H2,1-3H3,(H,14,16). The van der Waals surface area contributed by atoms with Gasteiger partial charge in [0, 0.05) is 12.6 Å². The monoisotopic (exact) mass is 227 g/mol. The third kappa shape index (κ3) is 3.76. The van der Waals surface area contributed by atoms with E-state index in [0.717, 1.165) is 13.1 Å². The number of rotatable bonds is 4. The molecule has 1 amide bonds. The van der Waals surface area contributed by atoms with E-state index in [1.54, 1.807) is 0 Å². The van der Waals surface area contributed by atoms with Gasteiger partial charge in [0.15, 0.2) is 0 Å². The molecule has 4 heteroatoms. The number of piperidine rings is 1. The third-order valence-corrected chi connectivity index (χ3v) is 3.45. The second kappa shape index (κ2) is 6.21. The number of hydrogen-bond acceptors (Lipinski definition) is 3. The Bertz CT molecular complexity index is 230. The van der Waals surface area contributed by atoms with Crippen molar-refractivity contribution in [2.45, 2.75) is 45.2 Å². The average molecular weight is 227 g/mol. The Balaban J connectivity index is 2.30. The predicted octanol–water partition coefficient (Wildman–Crippen LogP) is 0.570. The van der Waals surface area contributed by atoms with Crippen LogP contribution in [0.2, 0.25) is 0 Å². The Labute approximate surface area is 98.6 Å². The maximum Gasteiger partial charge on any atom is 0.237 e. The van der Waals surface area contributed by atoms with E-state index in [2.05, 4.69) is 17.3 Å². The van der Waals surface area contributed by atoms with Gasteiger partial charge in [-0.25, -0.2) is 0 Å². The Kier molecular flexibility index (Phi) is 5.22. The first-order chi connectivity index (χ1) is 7.52. The molecule has 0 aromatic heterocycles. The minimum absolute atomic E-state index is 0.0195. The number of nitrogens with zero attached hydrogens (tertiary/aromatic N) is 1. The van der Waals surface area contributed by atoms with Gasteiger partial charge in [-0.3, -0.25) is 4.79 Å². The Morgan fingerprint density at radius 1 is 1.50 bits per heavy atom. The smallest absolute Gasteiger partial charge is 0.237 e.